The van der Waals surface area contributed by atoms with Gasteiger partial charge in [0, 0.05) is 19.0 Å². The van der Waals surface area contributed by atoms with Crippen molar-refractivity contribution in [3.63, 3.8) is 0 Å². The maximum Gasteiger partial charge on any atom is 0.225 e. The maximum atomic E-state index is 12.2. The Hall–Kier alpha value is -0.530. The van der Waals surface area contributed by atoms with Crippen LogP contribution in [0.4, 0.5) is 0 Å². The topological polar surface area (TPSA) is 20.3 Å². The molecule has 1 aliphatic heterocycles. The highest BCUT2D eigenvalue weighted by molar-refractivity contribution is 5.79. The molecule has 0 radical (unpaired) electrons. The molecule has 0 aromatic rings. The lowest BCUT2D eigenvalue weighted by atomic mass is 9.88. The number of hydrogen-bond donors (Lipinski definition) is 0. The molecule has 1 amide bonds. The Kier molecular flexibility index (Phi) is 2.03. The zero-order valence-electron chi connectivity index (χ0n) is 8.74. The first-order valence-electron chi connectivity index (χ1n) is 6.13. The van der Waals surface area contributed by atoms with Crippen LogP contribution in [-0.2, 0) is 4.79 Å². The second-order valence-corrected chi connectivity index (χ2v) is 5.31. The minimum Gasteiger partial charge on any atom is -0.342 e. The SMILES string of the molecule is O=C(C1CC2CCC1C2)N1CCCC1. The predicted octanol–water partition coefficient (Wildman–Crippen LogP) is 2.04. The second-order valence-electron chi connectivity index (χ2n) is 5.31. The van der Waals surface area contributed by atoms with Gasteiger partial charge in [0.25, 0.3) is 0 Å². The molecule has 0 N–H and O–H groups in total. The molecule has 0 aromatic carbocycles. The summed E-state index contributed by atoms with van der Waals surface area (Å²) in [6.07, 6.45) is 7.74. The number of carbonyl (C=O) groups excluding carboxylic acids is 1. The molecule has 2 nitrogen and oxygen atoms in total. The molecule has 2 bridgehead atoms. The average molecular weight is 193 g/mol. The molecule has 3 fully saturated rings. The summed E-state index contributed by atoms with van der Waals surface area (Å²) >= 11 is 0. The first-order valence-corrected chi connectivity index (χ1v) is 6.13. The van der Waals surface area contributed by atoms with E-state index < -0.39 is 0 Å². The van der Waals surface area contributed by atoms with Gasteiger partial charge in [0.05, 0.1) is 0 Å². The van der Waals surface area contributed by atoms with Crippen LogP contribution in [-0.4, -0.2) is 23.9 Å². The van der Waals surface area contributed by atoms with Crippen LogP contribution < -0.4 is 0 Å². The van der Waals surface area contributed by atoms with Gasteiger partial charge in [-0.05, 0) is 43.9 Å². The van der Waals surface area contributed by atoms with Crippen molar-refractivity contribution < 1.29 is 4.79 Å². The van der Waals surface area contributed by atoms with E-state index in [0.717, 1.165) is 24.9 Å². The van der Waals surface area contributed by atoms with Crippen LogP contribution in [0.1, 0.15) is 38.5 Å². The minimum atomic E-state index is 0.423. The van der Waals surface area contributed by atoms with E-state index in [9.17, 15) is 4.79 Å². The van der Waals surface area contributed by atoms with Gasteiger partial charge >= 0.3 is 0 Å². The summed E-state index contributed by atoms with van der Waals surface area (Å²) in [5.74, 6) is 2.58. The zero-order valence-corrected chi connectivity index (χ0v) is 8.74. The third kappa shape index (κ3) is 1.27. The van der Waals surface area contributed by atoms with E-state index in [0.29, 0.717) is 11.8 Å². The molecule has 3 unspecified atom stereocenters. The summed E-state index contributed by atoms with van der Waals surface area (Å²) < 4.78 is 0. The van der Waals surface area contributed by atoms with Crippen LogP contribution in [0.2, 0.25) is 0 Å². The normalized spacial score (nSPS) is 40.9. The summed E-state index contributed by atoms with van der Waals surface area (Å²) in [5.41, 5.74) is 0. The van der Waals surface area contributed by atoms with Crippen molar-refractivity contribution in [2.24, 2.45) is 17.8 Å². The quantitative estimate of drug-likeness (QED) is 0.624. The molecule has 2 saturated carbocycles. The van der Waals surface area contributed by atoms with Gasteiger partial charge in [0.15, 0.2) is 0 Å². The lowest BCUT2D eigenvalue weighted by Gasteiger charge is -2.25. The average Bonchev–Trinajstić information content (AvgIpc) is 2.93. The fraction of sp³-hybridized carbons (Fsp3) is 0.917. The molecular weight excluding hydrogens is 174 g/mol. The summed E-state index contributed by atoms with van der Waals surface area (Å²) in [4.78, 5) is 14.3. The van der Waals surface area contributed by atoms with E-state index in [4.69, 9.17) is 0 Å². The summed E-state index contributed by atoms with van der Waals surface area (Å²) in [6.45, 7) is 2.07. The van der Waals surface area contributed by atoms with E-state index in [2.05, 4.69) is 4.90 Å². The molecule has 78 valence electrons. The van der Waals surface area contributed by atoms with Crippen LogP contribution in [0.3, 0.4) is 0 Å². The van der Waals surface area contributed by atoms with Crippen molar-refractivity contribution in [2.45, 2.75) is 38.5 Å². The van der Waals surface area contributed by atoms with Crippen LogP contribution >= 0.6 is 0 Å². The van der Waals surface area contributed by atoms with Crippen molar-refractivity contribution >= 4 is 5.91 Å². The smallest absolute Gasteiger partial charge is 0.225 e. The molecule has 1 heterocycles. The van der Waals surface area contributed by atoms with Crippen LogP contribution in [0.25, 0.3) is 0 Å². The largest absolute Gasteiger partial charge is 0.342 e. The molecule has 3 aliphatic rings. The number of likely N-dealkylation sites (tertiary alicyclic amines) is 1. The van der Waals surface area contributed by atoms with Crippen molar-refractivity contribution in [3.05, 3.63) is 0 Å². The lowest BCUT2D eigenvalue weighted by Crippen LogP contribution is -2.36. The fourth-order valence-corrected chi connectivity index (χ4v) is 3.72. The molecule has 2 heteroatoms. The van der Waals surface area contributed by atoms with Gasteiger partial charge in [-0.1, -0.05) is 6.42 Å². The van der Waals surface area contributed by atoms with E-state index in [1.165, 1.54) is 38.5 Å². The molecule has 0 aromatic heterocycles. The van der Waals surface area contributed by atoms with E-state index in [1.807, 2.05) is 0 Å². The first kappa shape index (κ1) is 8.75. The summed E-state index contributed by atoms with van der Waals surface area (Å²) in [6, 6.07) is 0. The minimum absolute atomic E-state index is 0.423. The molecule has 3 rings (SSSR count). The summed E-state index contributed by atoms with van der Waals surface area (Å²) in [5, 5.41) is 0. The zero-order chi connectivity index (χ0) is 9.54. The van der Waals surface area contributed by atoms with E-state index in [1.54, 1.807) is 0 Å². The number of carbonyl (C=O) groups is 1. The van der Waals surface area contributed by atoms with Gasteiger partial charge in [-0.3, -0.25) is 4.79 Å². The number of hydrogen-bond acceptors (Lipinski definition) is 1. The van der Waals surface area contributed by atoms with Gasteiger partial charge in [-0.25, -0.2) is 0 Å². The number of amides is 1. The lowest BCUT2D eigenvalue weighted by molar-refractivity contribution is -0.136. The van der Waals surface area contributed by atoms with E-state index >= 15 is 0 Å². The molecule has 2 aliphatic carbocycles. The van der Waals surface area contributed by atoms with Crippen molar-refractivity contribution in [3.8, 4) is 0 Å². The van der Waals surface area contributed by atoms with E-state index in [-0.39, 0.29) is 0 Å². The van der Waals surface area contributed by atoms with Crippen LogP contribution in [0.15, 0.2) is 0 Å². The van der Waals surface area contributed by atoms with Gasteiger partial charge in [-0.15, -0.1) is 0 Å². The Morgan fingerprint density at radius 3 is 2.43 bits per heavy atom. The Balaban J connectivity index is 1.67. The predicted molar refractivity (Wildman–Crippen MR) is 54.8 cm³/mol. The molecular formula is C12H19NO. The van der Waals surface area contributed by atoms with Crippen LogP contribution in [0, 0.1) is 17.8 Å². The Morgan fingerprint density at radius 1 is 1.07 bits per heavy atom. The van der Waals surface area contributed by atoms with Gasteiger partial charge in [0.2, 0.25) is 5.91 Å². The Bertz CT molecular complexity index is 245. The molecule has 14 heavy (non-hydrogen) atoms. The monoisotopic (exact) mass is 193 g/mol. The van der Waals surface area contributed by atoms with Gasteiger partial charge in [-0.2, -0.15) is 0 Å². The Morgan fingerprint density at radius 2 is 1.86 bits per heavy atom. The highest BCUT2D eigenvalue weighted by Gasteiger charge is 2.44. The summed E-state index contributed by atoms with van der Waals surface area (Å²) in [7, 11) is 0. The number of fused-ring (bicyclic) bond motifs is 2. The third-order valence-electron chi connectivity index (χ3n) is 4.47. The molecule has 0 spiro atoms. The number of rotatable bonds is 1. The second kappa shape index (κ2) is 3.25. The molecule has 3 atom stereocenters. The highest BCUT2D eigenvalue weighted by atomic mass is 16.2. The maximum absolute atomic E-state index is 12.2. The van der Waals surface area contributed by atoms with Crippen molar-refractivity contribution in [1.29, 1.82) is 0 Å². The number of nitrogens with zero attached hydrogens (tertiary/aromatic N) is 1. The fourth-order valence-electron chi connectivity index (χ4n) is 3.72. The first-order chi connectivity index (χ1) is 6.84. The molecule has 1 saturated heterocycles. The standard InChI is InChI=1S/C12H19NO/c14-12(13-5-1-2-6-13)11-8-9-3-4-10(11)7-9/h9-11H,1-8H2. The van der Waals surface area contributed by atoms with Gasteiger partial charge < -0.3 is 4.90 Å². The van der Waals surface area contributed by atoms with Crippen LogP contribution in [0.5, 0.6) is 0 Å². The van der Waals surface area contributed by atoms with Gasteiger partial charge in [0.1, 0.15) is 0 Å². The highest BCUT2D eigenvalue weighted by Crippen LogP contribution is 2.49. The van der Waals surface area contributed by atoms with Crippen molar-refractivity contribution in [2.75, 3.05) is 13.1 Å². The third-order valence-corrected chi connectivity index (χ3v) is 4.47. The Labute approximate surface area is 85.7 Å². The van der Waals surface area contributed by atoms with Crippen molar-refractivity contribution in [1.82, 2.24) is 4.90 Å².